The molecule has 0 radical (unpaired) electrons. The summed E-state index contributed by atoms with van der Waals surface area (Å²) in [6.45, 7) is 4.57. The van der Waals surface area contributed by atoms with Gasteiger partial charge in [0.05, 0.1) is 0 Å². The van der Waals surface area contributed by atoms with E-state index in [1.54, 1.807) is 5.57 Å². The molecule has 0 nitrogen and oxygen atoms in total. The van der Waals surface area contributed by atoms with Gasteiger partial charge in [0.15, 0.2) is 0 Å². The molecule has 1 aromatic carbocycles. The van der Waals surface area contributed by atoms with Crippen LogP contribution in [0.3, 0.4) is 0 Å². The highest BCUT2D eigenvalue weighted by atomic mass is 79.9. The van der Waals surface area contributed by atoms with E-state index < -0.39 is 0 Å². The molecule has 2 aliphatic rings. The van der Waals surface area contributed by atoms with Crippen LogP contribution in [0.4, 0.5) is 0 Å². The number of fused-ring (bicyclic) bond motifs is 4. The minimum atomic E-state index is 0.533. The Morgan fingerprint density at radius 1 is 1.27 bits per heavy atom. The van der Waals surface area contributed by atoms with Crippen molar-refractivity contribution < 1.29 is 0 Å². The Kier molecular flexibility index (Phi) is 1.93. The number of hydrogen-bond donors (Lipinski definition) is 0. The summed E-state index contributed by atoms with van der Waals surface area (Å²) >= 11 is 3.67. The van der Waals surface area contributed by atoms with Gasteiger partial charge in [-0.15, -0.1) is 0 Å². The summed E-state index contributed by atoms with van der Waals surface area (Å²) in [5, 5.41) is 0. The van der Waals surface area contributed by atoms with Gasteiger partial charge in [0.25, 0.3) is 0 Å². The van der Waals surface area contributed by atoms with Crippen LogP contribution in [0.5, 0.6) is 0 Å². The van der Waals surface area contributed by atoms with E-state index >= 15 is 0 Å². The normalized spacial score (nSPS) is 21.7. The van der Waals surface area contributed by atoms with Crippen molar-refractivity contribution in [1.29, 1.82) is 0 Å². The lowest BCUT2D eigenvalue weighted by Gasteiger charge is -2.15. The number of hydrogen-bond acceptors (Lipinski definition) is 0. The highest BCUT2D eigenvalue weighted by Gasteiger charge is 2.34. The molecule has 0 heterocycles. The van der Waals surface area contributed by atoms with Crippen molar-refractivity contribution in [3.63, 3.8) is 0 Å². The van der Waals surface area contributed by atoms with Crippen LogP contribution in [0.1, 0.15) is 30.9 Å². The van der Waals surface area contributed by atoms with Gasteiger partial charge < -0.3 is 0 Å². The number of benzene rings is 1. The molecular formula is C14H13Br. The first-order valence-electron chi connectivity index (χ1n) is 5.41. The minimum Gasteiger partial charge on any atom is -0.0723 e. The molecule has 1 unspecified atom stereocenters. The highest BCUT2D eigenvalue weighted by molar-refractivity contribution is 9.10. The van der Waals surface area contributed by atoms with Crippen molar-refractivity contribution >= 4 is 21.5 Å². The van der Waals surface area contributed by atoms with Crippen LogP contribution in [0.15, 0.2) is 40.4 Å². The summed E-state index contributed by atoms with van der Waals surface area (Å²) in [5.41, 5.74) is 5.96. The van der Waals surface area contributed by atoms with Gasteiger partial charge in [-0.05, 0) is 34.3 Å². The Labute approximate surface area is 98.8 Å². The first-order chi connectivity index (χ1) is 7.20. The van der Waals surface area contributed by atoms with E-state index in [1.807, 2.05) is 0 Å². The standard InChI is InChI=1S/C14H13Br/c1-8(2)13-10-6-7-11(13)14-9(10)4-3-5-12(14)15/h3-8,11H,1-2H3. The first-order valence-corrected chi connectivity index (χ1v) is 6.20. The fraction of sp³-hybridized carbons (Fsp3) is 0.286. The molecule has 1 aromatic rings. The van der Waals surface area contributed by atoms with Gasteiger partial charge in [-0.2, -0.15) is 0 Å². The lowest BCUT2D eigenvalue weighted by Crippen LogP contribution is -2.00. The summed E-state index contributed by atoms with van der Waals surface area (Å²) in [7, 11) is 0. The molecule has 15 heavy (non-hydrogen) atoms. The summed E-state index contributed by atoms with van der Waals surface area (Å²) in [5.74, 6) is 1.17. The SMILES string of the molecule is CC(C)C1=C2C=CC1c1c(Br)cccc12. The van der Waals surface area contributed by atoms with Crippen LogP contribution in [-0.2, 0) is 0 Å². The van der Waals surface area contributed by atoms with Crippen LogP contribution < -0.4 is 0 Å². The monoisotopic (exact) mass is 260 g/mol. The molecule has 76 valence electrons. The molecule has 1 heteroatoms. The smallest absolute Gasteiger partial charge is 0.0260 e. The molecule has 3 rings (SSSR count). The van der Waals surface area contributed by atoms with E-state index in [2.05, 4.69) is 60.1 Å². The van der Waals surface area contributed by atoms with E-state index in [1.165, 1.54) is 21.2 Å². The fourth-order valence-electron chi connectivity index (χ4n) is 2.81. The molecule has 1 atom stereocenters. The molecule has 0 spiro atoms. The lowest BCUT2D eigenvalue weighted by atomic mass is 9.90. The average Bonchev–Trinajstić information content (AvgIpc) is 2.73. The maximum Gasteiger partial charge on any atom is 0.0260 e. The van der Waals surface area contributed by atoms with Crippen molar-refractivity contribution in [3.8, 4) is 0 Å². The van der Waals surface area contributed by atoms with E-state index in [-0.39, 0.29) is 0 Å². The van der Waals surface area contributed by atoms with Crippen LogP contribution in [-0.4, -0.2) is 0 Å². The largest absolute Gasteiger partial charge is 0.0723 e. The maximum absolute atomic E-state index is 3.67. The third-order valence-corrected chi connectivity index (χ3v) is 4.07. The molecule has 0 saturated heterocycles. The Morgan fingerprint density at radius 2 is 2.07 bits per heavy atom. The van der Waals surface area contributed by atoms with Crippen molar-refractivity contribution in [2.75, 3.05) is 0 Å². The predicted molar refractivity (Wildman–Crippen MR) is 67.8 cm³/mol. The molecule has 0 aliphatic heterocycles. The fourth-order valence-corrected chi connectivity index (χ4v) is 3.43. The molecular weight excluding hydrogens is 248 g/mol. The van der Waals surface area contributed by atoms with Gasteiger partial charge in [0, 0.05) is 10.4 Å². The van der Waals surface area contributed by atoms with Gasteiger partial charge in [-0.3, -0.25) is 0 Å². The molecule has 0 aromatic heterocycles. The third-order valence-electron chi connectivity index (χ3n) is 3.38. The van der Waals surface area contributed by atoms with Gasteiger partial charge in [-0.25, -0.2) is 0 Å². The molecule has 0 fully saturated rings. The molecule has 0 amide bonds. The zero-order chi connectivity index (χ0) is 10.6. The predicted octanol–water partition coefficient (Wildman–Crippen LogP) is 4.53. The first kappa shape index (κ1) is 9.41. The summed E-state index contributed by atoms with van der Waals surface area (Å²) in [6, 6.07) is 6.51. The van der Waals surface area contributed by atoms with E-state index in [9.17, 15) is 0 Å². The van der Waals surface area contributed by atoms with Crippen LogP contribution in [0.2, 0.25) is 0 Å². The highest BCUT2D eigenvalue weighted by Crippen LogP contribution is 2.52. The third kappa shape index (κ3) is 1.13. The second kappa shape index (κ2) is 3.08. The second-order valence-electron chi connectivity index (χ2n) is 4.56. The van der Waals surface area contributed by atoms with Crippen molar-refractivity contribution in [2.45, 2.75) is 19.8 Å². The molecule has 0 saturated carbocycles. The quantitative estimate of drug-likeness (QED) is 0.696. The summed E-state index contributed by atoms with van der Waals surface area (Å²) in [6.07, 6.45) is 4.62. The van der Waals surface area contributed by atoms with E-state index in [0.717, 1.165) is 0 Å². The average molecular weight is 261 g/mol. The Balaban J connectivity index is 2.25. The van der Waals surface area contributed by atoms with Gasteiger partial charge in [0.1, 0.15) is 0 Å². The van der Waals surface area contributed by atoms with Crippen molar-refractivity contribution in [3.05, 3.63) is 51.5 Å². The number of rotatable bonds is 1. The maximum atomic E-state index is 3.67. The second-order valence-corrected chi connectivity index (χ2v) is 5.42. The van der Waals surface area contributed by atoms with Crippen LogP contribution >= 0.6 is 15.9 Å². The van der Waals surface area contributed by atoms with Crippen LogP contribution in [0.25, 0.3) is 5.57 Å². The van der Waals surface area contributed by atoms with Crippen LogP contribution in [0, 0.1) is 5.92 Å². The van der Waals surface area contributed by atoms with Crippen molar-refractivity contribution in [1.82, 2.24) is 0 Å². The Morgan fingerprint density at radius 3 is 2.73 bits per heavy atom. The minimum absolute atomic E-state index is 0.533. The topological polar surface area (TPSA) is 0 Å². The summed E-state index contributed by atoms with van der Waals surface area (Å²) < 4.78 is 1.25. The van der Waals surface area contributed by atoms with Gasteiger partial charge in [0.2, 0.25) is 0 Å². The molecule has 2 aliphatic carbocycles. The van der Waals surface area contributed by atoms with Gasteiger partial charge in [-0.1, -0.05) is 54.1 Å². The van der Waals surface area contributed by atoms with E-state index in [4.69, 9.17) is 0 Å². The zero-order valence-electron chi connectivity index (χ0n) is 8.92. The number of halogens is 1. The van der Waals surface area contributed by atoms with Crippen molar-refractivity contribution in [2.24, 2.45) is 5.92 Å². The summed E-state index contributed by atoms with van der Waals surface area (Å²) in [4.78, 5) is 0. The Hall–Kier alpha value is -0.820. The Bertz CT molecular complexity index is 492. The molecule has 0 N–H and O–H groups in total. The van der Waals surface area contributed by atoms with Gasteiger partial charge >= 0.3 is 0 Å². The zero-order valence-corrected chi connectivity index (χ0v) is 10.5. The number of allylic oxidation sites excluding steroid dienone is 4. The lowest BCUT2D eigenvalue weighted by molar-refractivity contribution is 0.727. The van der Waals surface area contributed by atoms with E-state index in [0.29, 0.717) is 11.8 Å². The molecule has 2 bridgehead atoms.